The molecule has 6 heteroatoms. The summed E-state index contributed by atoms with van der Waals surface area (Å²) in [6.45, 7) is 3.42. The number of rotatable bonds is 7. The Morgan fingerprint density at radius 1 is 0.972 bits per heavy atom. The molecule has 5 rings (SSSR count). The number of nitrogens with one attached hydrogen (secondary N) is 1. The third kappa shape index (κ3) is 4.48. The van der Waals surface area contributed by atoms with Gasteiger partial charge in [0.1, 0.15) is 17.4 Å². The van der Waals surface area contributed by atoms with Gasteiger partial charge in [-0.25, -0.2) is 4.79 Å². The zero-order valence-electron chi connectivity index (χ0n) is 20.7. The topological polar surface area (TPSA) is 60.0 Å². The second-order valence-corrected chi connectivity index (χ2v) is 8.87. The normalized spacial score (nSPS) is 15.6. The molecule has 0 aliphatic carbocycles. The van der Waals surface area contributed by atoms with Crippen molar-refractivity contribution in [3.63, 3.8) is 0 Å². The Labute approximate surface area is 211 Å². The SMILES string of the molecule is COC(=O)c1cccc(N2CC(CN[C@H](C)c3cccc4ccccc34)Oc3ccccc32)c1OC. The van der Waals surface area contributed by atoms with Crippen molar-refractivity contribution < 1.29 is 19.0 Å². The Bertz CT molecular complexity index is 1380. The van der Waals surface area contributed by atoms with Crippen LogP contribution in [-0.4, -0.2) is 39.4 Å². The van der Waals surface area contributed by atoms with Crippen LogP contribution in [0.1, 0.15) is 28.9 Å². The van der Waals surface area contributed by atoms with Gasteiger partial charge >= 0.3 is 5.97 Å². The van der Waals surface area contributed by atoms with Crippen molar-refractivity contribution in [3.8, 4) is 11.5 Å². The number of carbonyl (C=O) groups excluding carboxylic acids is 1. The number of carbonyl (C=O) groups is 1. The maximum absolute atomic E-state index is 12.4. The predicted molar refractivity (Wildman–Crippen MR) is 143 cm³/mol. The van der Waals surface area contributed by atoms with Crippen molar-refractivity contribution in [1.82, 2.24) is 5.32 Å². The molecule has 0 saturated carbocycles. The third-order valence-corrected chi connectivity index (χ3v) is 6.67. The van der Waals surface area contributed by atoms with Crippen LogP contribution in [0.4, 0.5) is 11.4 Å². The Kier molecular flexibility index (Phi) is 6.78. The lowest BCUT2D eigenvalue weighted by Crippen LogP contribution is -2.44. The molecule has 0 saturated heterocycles. The summed E-state index contributed by atoms with van der Waals surface area (Å²) in [5.41, 5.74) is 3.37. The lowest BCUT2D eigenvalue weighted by molar-refractivity contribution is 0.0597. The molecule has 184 valence electrons. The van der Waals surface area contributed by atoms with Crippen LogP contribution in [0, 0.1) is 0 Å². The molecule has 4 aromatic rings. The highest BCUT2D eigenvalue weighted by Crippen LogP contribution is 2.43. The van der Waals surface area contributed by atoms with Crippen molar-refractivity contribution >= 4 is 28.1 Å². The zero-order valence-corrected chi connectivity index (χ0v) is 20.7. The Morgan fingerprint density at radius 2 is 1.69 bits per heavy atom. The summed E-state index contributed by atoms with van der Waals surface area (Å²) in [7, 11) is 2.94. The highest BCUT2D eigenvalue weighted by atomic mass is 16.5. The third-order valence-electron chi connectivity index (χ3n) is 6.67. The molecule has 36 heavy (non-hydrogen) atoms. The van der Waals surface area contributed by atoms with E-state index in [1.807, 2.05) is 36.4 Å². The van der Waals surface area contributed by atoms with Gasteiger partial charge in [0, 0.05) is 12.6 Å². The fourth-order valence-electron chi connectivity index (χ4n) is 4.90. The summed E-state index contributed by atoms with van der Waals surface area (Å²) in [5.74, 6) is 0.841. The molecule has 0 spiro atoms. The summed E-state index contributed by atoms with van der Waals surface area (Å²) in [6, 6.07) is 28.4. The van der Waals surface area contributed by atoms with Crippen molar-refractivity contribution in [1.29, 1.82) is 0 Å². The smallest absolute Gasteiger partial charge is 0.341 e. The average molecular weight is 483 g/mol. The van der Waals surface area contributed by atoms with Crippen molar-refractivity contribution in [2.24, 2.45) is 0 Å². The minimum Gasteiger partial charge on any atom is -0.494 e. The molecule has 0 bridgehead atoms. The second-order valence-electron chi connectivity index (χ2n) is 8.87. The van der Waals surface area contributed by atoms with Gasteiger partial charge in [0.05, 0.1) is 32.1 Å². The lowest BCUT2D eigenvalue weighted by atomic mass is 9.99. The first-order chi connectivity index (χ1) is 17.6. The van der Waals surface area contributed by atoms with E-state index in [0.29, 0.717) is 24.4 Å². The molecule has 1 aliphatic rings. The van der Waals surface area contributed by atoms with Crippen LogP contribution in [-0.2, 0) is 4.74 Å². The van der Waals surface area contributed by atoms with Gasteiger partial charge in [-0.2, -0.15) is 0 Å². The van der Waals surface area contributed by atoms with E-state index in [9.17, 15) is 4.79 Å². The summed E-state index contributed by atoms with van der Waals surface area (Å²) < 4.78 is 17.1. The zero-order chi connectivity index (χ0) is 25.1. The minimum atomic E-state index is -0.433. The first-order valence-electron chi connectivity index (χ1n) is 12.1. The van der Waals surface area contributed by atoms with Crippen molar-refractivity contribution in [3.05, 3.63) is 96.1 Å². The summed E-state index contributed by atoms with van der Waals surface area (Å²) in [4.78, 5) is 14.5. The molecule has 6 nitrogen and oxygen atoms in total. The van der Waals surface area contributed by atoms with E-state index in [1.165, 1.54) is 23.4 Å². The fourth-order valence-corrected chi connectivity index (χ4v) is 4.90. The van der Waals surface area contributed by atoms with Crippen LogP contribution in [0.3, 0.4) is 0 Å². The van der Waals surface area contributed by atoms with Crippen LogP contribution >= 0.6 is 0 Å². The van der Waals surface area contributed by atoms with Gasteiger partial charge in [-0.3, -0.25) is 0 Å². The molecule has 1 unspecified atom stereocenters. The molecule has 2 atom stereocenters. The fraction of sp³-hybridized carbons (Fsp3) is 0.233. The average Bonchev–Trinajstić information content (AvgIpc) is 2.94. The van der Waals surface area contributed by atoms with E-state index in [1.54, 1.807) is 13.2 Å². The number of nitrogens with zero attached hydrogens (tertiary/aromatic N) is 1. The van der Waals surface area contributed by atoms with Crippen LogP contribution in [0.2, 0.25) is 0 Å². The number of anilines is 2. The molecule has 0 aromatic heterocycles. The van der Waals surface area contributed by atoms with Crippen LogP contribution in [0.25, 0.3) is 10.8 Å². The lowest BCUT2D eigenvalue weighted by Gasteiger charge is -2.37. The summed E-state index contributed by atoms with van der Waals surface area (Å²) in [6.07, 6.45) is -0.121. The van der Waals surface area contributed by atoms with E-state index in [0.717, 1.165) is 17.1 Å². The number of hydrogen-bond acceptors (Lipinski definition) is 6. The van der Waals surface area contributed by atoms with Gasteiger partial charge in [-0.05, 0) is 47.5 Å². The highest BCUT2D eigenvalue weighted by molar-refractivity contribution is 5.95. The van der Waals surface area contributed by atoms with Gasteiger partial charge in [0.25, 0.3) is 0 Å². The van der Waals surface area contributed by atoms with Gasteiger partial charge in [-0.15, -0.1) is 0 Å². The monoisotopic (exact) mass is 482 g/mol. The predicted octanol–water partition coefficient (Wildman–Crippen LogP) is 5.88. The Hall–Kier alpha value is -4.03. The Morgan fingerprint density at radius 3 is 2.53 bits per heavy atom. The molecule has 0 fully saturated rings. The minimum absolute atomic E-state index is 0.121. The van der Waals surface area contributed by atoms with Gasteiger partial charge in [0.15, 0.2) is 5.75 Å². The molecule has 4 aromatic carbocycles. The molecule has 0 radical (unpaired) electrons. The van der Waals surface area contributed by atoms with E-state index < -0.39 is 5.97 Å². The highest BCUT2D eigenvalue weighted by Gasteiger charge is 2.30. The number of hydrogen-bond donors (Lipinski definition) is 1. The molecular weight excluding hydrogens is 452 g/mol. The van der Waals surface area contributed by atoms with E-state index in [-0.39, 0.29) is 12.1 Å². The van der Waals surface area contributed by atoms with Gasteiger partial charge in [-0.1, -0.05) is 60.7 Å². The second kappa shape index (κ2) is 10.3. The first kappa shape index (κ1) is 23.7. The number of benzene rings is 4. The number of fused-ring (bicyclic) bond motifs is 2. The van der Waals surface area contributed by atoms with Gasteiger partial charge < -0.3 is 24.4 Å². The summed E-state index contributed by atoms with van der Waals surface area (Å²) in [5, 5.41) is 6.16. The summed E-state index contributed by atoms with van der Waals surface area (Å²) >= 11 is 0. The molecule has 1 aliphatic heterocycles. The molecule has 1 N–H and O–H groups in total. The van der Waals surface area contributed by atoms with Gasteiger partial charge in [0.2, 0.25) is 0 Å². The number of para-hydroxylation sites is 3. The maximum atomic E-state index is 12.4. The number of esters is 1. The first-order valence-corrected chi connectivity index (χ1v) is 12.1. The molecule has 0 amide bonds. The molecular formula is C30H30N2O4. The van der Waals surface area contributed by atoms with E-state index in [2.05, 4.69) is 59.6 Å². The van der Waals surface area contributed by atoms with Crippen LogP contribution < -0.4 is 19.7 Å². The van der Waals surface area contributed by atoms with Crippen molar-refractivity contribution in [2.45, 2.75) is 19.1 Å². The molecule has 1 heterocycles. The standard InChI is InChI=1S/C30H30N2O4/c1-20(23-13-8-11-21-10-4-5-12-24(21)23)31-18-22-19-32(26-15-6-7-17-28(26)36-22)27-16-9-14-25(29(27)34-2)30(33)35-3/h4-17,20,22,31H,18-19H2,1-3H3/t20-,22?/m1/s1. The Balaban J connectivity index is 1.42. The van der Waals surface area contributed by atoms with Crippen LogP contribution in [0.15, 0.2) is 84.9 Å². The number of ether oxygens (including phenoxy) is 3. The van der Waals surface area contributed by atoms with Crippen molar-refractivity contribution in [2.75, 3.05) is 32.2 Å². The van der Waals surface area contributed by atoms with Crippen LogP contribution in [0.5, 0.6) is 11.5 Å². The van der Waals surface area contributed by atoms with E-state index in [4.69, 9.17) is 14.2 Å². The largest absolute Gasteiger partial charge is 0.494 e. The quantitative estimate of drug-likeness (QED) is 0.332. The number of methoxy groups -OCH3 is 2. The maximum Gasteiger partial charge on any atom is 0.341 e. The van der Waals surface area contributed by atoms with E-state index >= 15 is 0 Å².